The minimum absolute atomic E-state index is 0.153. The summed E-state index contributed by atoms with van der Waals surface area (Å²) in [4.78, 5) is 2.08. The fourth-order valence-corrected chi connectivity index (χ4v) is 5.10. The second-order valence-electron chi connectivity index (χ2n) is 8.42. The van der Waals surface area contributed by atoms with E-state index in [4.69, 9.17) is 9.94 Å². The van der Waals surface area contributed by atoms with Crippen LogP contribution in [0.4, 0.5) is 10.1 Å². The highest BCUT2D eigenvalue weighted by Crippen LogP contribution is 2.45. The zero-order valence-electron chi connectivity index (χ0n) is 16.9. The number of methoxy groups -OCH3 is 1. The number of rotatable bonds is 4. The van der Waals surface area contributed by atoms with Gasteiger partial charge in [-0.25, -0.2) is 4.39 Å². The normalized spacial score (nSPS) is 24.7. The topological polar surface area (TPSA) is 94.6 Å². The minimum atomic E-state index is -0.414. The first kappa shape index (κ1) is 19.2. The van der Waals surface area contributed by atoms with E-state index >= 15 is 4.39 Å². The molecule has 1 aromatic carbocycles. The van der Waals surface area contributed by atoms with E-state index in [1.54, 1.807) is 13.3 Å². The maximum Gasteiger partial charge on any atom is 0.169 e. The summed E-state index contributed by atoms with van der Waals surface area (Å²) in [6.45, 7) is 2.52. The summed E-state index contributed by atoms with van der Waals surface area (Å²) >= 11 is 0. The lowest BCUT2D eigenvalue weighted by Gasteiger charge is -2.25. The van der Waals surface area contributed by atoms with Crippen molar-refractivity contribution < 1.29 is 19.5 Å². The van der Waals surface area contributed by atoms with Gasteiger partial charge in [-0.2, -0.15) is 0 Å². The number of halogens is 1. The van der Waals surface area contributed by atoms with Crippen molar-refractivity contribution in [1.82, 2.24) is 9.88 Å². The Hall–Kier alpha value is -2.81. The van der Waals surface area contributed by atoms with Gasteiger partial charge in [0.15, 0.2) is 11.6 Å². The molecule has 160 valence electrons. The molecule has 0 amide bonds. The number of oxime groups is 1. The van der Waals surface area contributed by atoms with E-state index in [0.29, 0.717) is 39.9 Å². The molecule has 5 rings (SSSR count). The van der Waals surface area contributed by atoms with E-state index in [1.807, 2.05) is 4.57 Å². The van der Waals surface area contributed by atoms with Gasteiger partial charge in [0.1, 0.15) is 11.0 Å². The van der Waals surface area contributed by atoms with Gasteiger partial charge in [0, 0.05) is 42.3 Å². The second-order valence-corrected chi connectivity index (χ2v) is 8.42. The molecule has 1 saturated carbocycles. The summed E-state index contributed by atoms with van der Waals surface area (Å²) < 4.78 is 23.3. The largest absolute Gasteiger partial charge is 0.492 e. The monoisotopic (exact) mass is 415 g/mol. The van der Waals surface area contributed by atoms with Crippen LogP contribution in [-0.4, -0.2) is 54.0 Å². The molecule has 3 N–H and O–H groups in total. The third-order valence-corrected chi connectivity index (χ3v) is 6.60. The van der Waals surface area contributed by atoms with Crippen molar-refractivity contribution in [2.45, 2.75) is 37.8 Å². The smallest absolute Gasteiger partial charge is 0.169 e. The molecule has 0 spiro atoms. The maximum atomic E-state index is 15.5. The van der Waals surface area contributed by atoms with Gasteiger partial charge in [0.25, 0.3) is 0 Å². The van der Waals surface area contributed by atoms with E-state index < -0.39 is 5.82 Å². The second kappa shape index (κ2) is 7.46. The molecule has 30 heavy (non-hydrogen) atoms. The number of benzene rings is 1. The molecule has 2 saturated heterocycles. The molecule has 2 aromatic rings. The molecule has 9 heteroatoms. The van der Waals surface area contributed by atoms with Gasteiger partial charge < -0.3 is 29.9 Å². The summed E-state index contributed by atoms with van der Waals surface area (Å²) in [6, 6.07) is 2.02. The van der Waals surface area contributed by atoms with Gasteiger partial charge in [-0.3, -0.25) is 0 Å². The molecular weight excluding hydrogens is 389 g/mol. The molecular formula is C21H26FN5O3. The Morgan fingerprint density at radius 3 is 2.77 bits per heavy atom. The minimum Gasteiger partial charge on any atom is -0.492 e. The summed E-state index contributed by atoms with van der Waals surface area (Å²) in [6.07, 6.45) is 7.26. The lowest BCUT2D eigenvalue weighted by Crippen LogP contribution is -2.40. The first-order valence-electron chi connectivity index (χ1n) is 10.5. The first-order valence-corrected chi connectivity index (χ1v) is 10.5. The number of aromatic nitrogens is 1. The Labute approximate surface area is 173 Å². The van der Waals surface area contributed by atoms with Crippen molar-refractivity contribution in [1.29, 1.82) is 0 Å². The van der Waals surface area contributed by atoms with Crippen LogP contribution in [0.1, 0.15) is 37.3 Å². The summed E-state index contributed by atoms with van der Waals surface area (Å²) in [5, 5.41) is 29.3. The number of fused-ring (bicyclic) bond motifs is 2. The number of pyridine rings is 1. The van der Waals surface area contributed by atoms with Gasteiger partial charge in [-0.1, -0.05) is 10.3 Å². The molecule has 0 radical (unpaired) electrons. The molecule has 2 aliphatic heterocycles. The Morgan fingerprint density at radius 2 is 2.10 bits per heavy atom. The van der Waals surface area contributed by atoms with E-state index in [2.05, 4.69) is 20.5 Å². The molecule has 3 fully saturated rings. The predicted octanol–water partition coefficient (Wildman–Crippen LogP) is 2.41. The highest BCUT2D eigenvalue weighted by Gasteiger charge is 2.37. The van der Waals surface area contributed by atoms with Crippen LogP contribution in [0, 0.1) is 11.7 Å². The van der Waals surface area contributed by atoms with Crippen molar-refractivity contribution in [2.75, 3.05) is 31.6 Å². The lowest BCUT2D eigenvalue weighted by atomic mass is 9.94. The van der Waals surface area contributed by atoms with Crippen molar-refractivity contribution in [3.8, 4) is 5.75 Å². The fraction of sp³-hybridized carbons (Fsp3) is 0.524. The Kier molecular flexibility index (Phi) is 4.77. The quantitative estimate of drug-likeness (QED) is 0.405. The average Bonchev–Trinajstić information content (AvgIpc) is 3.50. The van der Waals surface area contributed by atoms with Crippen molar-refractivity contribution in [3.05, 3.63) is 29.0 Å². The highest BCUT2D eigenvalue weighted by atomic mass is 19.1. The van der Waals surface area contributed by atoms with Crippen LogP contribution in [0.2, 0.25) is 0 Å². The summed E-state index contributed by atoms with van der Waals surface area (Å²) in [7, 11) is 1.55. The number of nitrogens with one attached hydrogen (secondary N) is 1. The van der Waals surface area contributed by atoms with Gasteiger partial charge in [-0.15, -0.1) is 0 Å². The summed E-state index contributed by atoms with van der Waals surface area (Å²) in [5.74, 6) is 0.538. The molecule has 1 aromatic heterocycles. The van der Waals surface area contributed by atoms with E-state index in [1.165, 1.54) is 12.3 Å². The first-order chi connectivity index (χ1) is 14.7. The van der Waals surface area contributed by atoms with Crippen molar-refractivity contribution >= 4 is 22.8 Å². The SMILES string of the molecule is COc1c(N2C[C@@H]3CCCN[C@@H]3C2)c(F)cc2/c(=N\O)c(/C=N/O)cn(C3CC3)c12. The lowest BCUT2D eigenvalue weighted by molar-refractivity contribution is 0.302. The number of ether oxygens (including phenoxy) is 1. The van der Waals surface area contributed by atoms with E-state index in [0.717, 1.165) is 45.3 Å². The third-order valence-electron chi connectivity index (χ3n) is 6.60. The van der Waals surface area contributed by atoms with Crippen LogP contribution in [0.5, 0.6) is 5.75 Å². The molecule has 0 unspecified atom stereocenters. The van der Waals surface area contributed by atoms with Gasteiger partial charge >= 0.3 is 0 Å². The standard InChI is InChI=1S/C21H26FN5O3/c1-30-21-19-15(18(25-29)13(8-24-28)10-27(19)14-4-5-14)7-16(22)20(21)26-9-12-3-2-6-23-17(12)11-26/h7-8,10,12,14,17,23,28-29H,2-6,9,11H2,1H3/b24-8+,25-18-/t12-,17+/m0/s1. The van der Waals surface area contributed by atoms with E-state index in [-0.39, 0.29) is 11.4 Å². The fourth-order valence-electron chi connectivity index (χ4n) is 5.10. The Balaban J connectivity index is 1.75. The highest BCUT2D eigenvalue weighted by molar-refractivity contribution is 5.95. The zero-order valence-corrected chi connectivity index (χ0v) is 16.9. The predicted molar refractivity (Wildman–Crippen MR) is 110 cm³/mol. The molecule has 2 atom stereocenters. The Morgan fingerprint density at radius 1 is 1.27 bits per heavy atom. The van der Waals surface area contributed by atoms with Crippen molar-refractivity contribution in [2.24, 2.45) is 16.2 Å². The zero-order chi connectivity index (χ0) is 20.8. The van der Waals surface area contributed by atoms with Gasteiger partial charge in [0.2, 0.25) is 0 Å². The third kappa shape index (κ3) is 2.99. The van der Waals surface area contributed by atoms with Gasteiger partial charge in [0.05, 0.1) is 18.8 Å². The number of hydrogen-bond donors (Lipinski definition) is 3. The van der Waals surface area contributed by atoms with Crippen LogP contribution in [0.15, 0.2) is 22.6 Å². The van der Waals surface area contributed by atoms with Crippen LogP contribution >= 0.6 is 0 Å². The molecule has 8 nitrogen and oxygen atoms in total. The van der Waals surface area contributed by atoms with Crippen molar-refractivity contribution in [3.63, 3.8) is 0 Å². The number of nitrogens with zero attached hydrogens (tertiary/aromatic N) is 4. The van der Waals surface area contributed by atoms with E-state index in [9.17, 15) is 5.21 Å². The number of anilines is 1. The number of piperidine rings is 1. The van der Waals surface area contributed by atoms with Crippen LogP contribution in [-0.2, 0) is 0 Å². The Bertz CT molecular complexity index is 1060. The van der Waals surface area contributed by atoms with Gasteiger partial charge in [-0.05, 0) is 44.2 Å². The number of hydrogen-bond acceptors (Lipinski definition) is 7. The maximum absolute atomic E-state index is 15.5. The van der Waals surface area contributed by atoms with Crippen LogP contribution in [0.25, 0.3) is 10.9 Å². The summed E-state index contributed by atoms with van der Waals surface area (Å²) in [5.41, 5.74) is 1.56. The average molecular weight is 415 g/mol. The van der Waals surface area contributed by atoms with Crippen LogP contribution < -0.4 is 20.3 Å². The molecule has 3 aliphatic rings. The molecule has 0 bridgehead atoms. The molecule has 3 heterocycles. The molecule has 1 aliphatic carbocycles. The van der Waals surface area contributed by atoms with Crippen LogP contribution in [0.3, 0.4) is 0 Å².